The van der Waals surface area contributed by atoms with Crippen LogP contribution in [0.1, 0.15) is 10.4 Å². The number of nitrogens with zero attached hydrogens (tertiary/aromatic N) is 1. The minimum Gasteiger partial charge on any atom is -0.390 e. The van der Waals surface area contributed by atoms with Gasteiger partial charge in [-0.05, 0) is 18.2 Å². The standard InChI is InChI=1S/C11H11FN2O3/c12-6-1-2-8-9(3-6)14(5-7(15)4-13)11(17)10(8)16/h1-3,7,15H,4-5,13H2. The number of carbonyl (C=O) groups is 2. The van der Waals surface area contributed by atoms with Crippen LogP contribution in [0.25, 0.3) is 0 Å². The molecule has 90 valence electrons. The van der Waals surface area contributed by atoms with Crippen molar-refractivity contribution >= 4 is 17.4 Å². The van der Waals surface area contributed by atoms with Crippen molar-refractivity contribution in [3.8, 4) is 0 Å². The predicted octanol–water partition coefficient (Wildman–Crippen LogP) is -0.325. The van der Waals surface area contributed by atoms with Crippen LogP contribution in [-0.2, 0) is 4.79 Å². The summed E-state index contributed by atoms with van der Waals surface area (Å²) in [5.41, 5.74) is 5.57. The van der Waals surface area contributed by atoms with E-state index in [0.717, 1.165) is 17.0 Å². The number of nitrogens with two attached hydrogens (primary N) is 1. The molecule has 2 rings (SSSR count). The first-order valence-corrected chi connectivity index (χ1v) is 5.08. The number of aliphatic hydroxyl groups is 1. The van der Waals surface area contributed by atoms with Gasteiger partial charge in [0.05, 0.1) is 23.9 Å². The van der Waals surface area contributed by atoms with E-state index < -0.39 is 23.6 Å². The molecular formula is C11H11FN2O3. The SMILES string of the molecule is NCC(O)CN1C(=O)C(=O)c2ccc(F)cc21. The summed E-state index contributed by atoms with van der Waals surface area (Å²) in [4.78, 5) is 24.2. The molecule has 3 N–H and O–H groups in total. The number of halogens is 1. The second kappa shape index (κ2) is 4.23. The number of aliphatic hydroxyl groups excluding tert-OH is 1. The third kappa shape index (κ3) is 1.92. The highest BCUT2D eigenvalue weighted by molar-refractivity contribution is 6.52. The number of β-amino-alcohol motifs (C(OH)–C–C–N with tert-alkyl or cyclic N) is 1. The van der Waals surface area contributed by atoms with Crippen LogP contribution in [0, 0.1) is 5.82 Å². The van der Waals surface area contributed by atoms with Gasteiger partial charge in [0.25, 0.3) is 11.7 Å². The minimum absolute atomic E-state index is 0.0391. The average Bonchev–Trinajstić information content (AvgIpc) is 2.54. The van der Waals surface area contributed by atoms with Gasteiger partial charge in [0.2, 0.25) is 0 Å². The zero-order valence-electron chi connectivity index (χ0n) is 8.89. The van der Waals surface area contributed by atoms with Crippen molar-refractivity contribution in [2.24, 2.45) is 5.73 Å². The van der Waals surface area contributed by atoms with Crippen molar-refractivity contribution in [2.75, 3.05) is 18.0 Å². The number of anilines is 1. The van der Waals surface area contributed by atoms with Crippen LogP contribution in [0.15, 0.2) is 18.2 Å². The van der Waals surface area contributed by atoms with Crippen molar-refractivity contribution in [2.45, 2.75) is 6.10 Å². The molecular weight excluding hydrogens is 227 g/mol. The highest BCUT2D eigenvalue weighted by atomic mass is 19.1. The summed E-state index contributed by atoms with van der Waals surface area (Å²) >= 11 is 0. The van der Waals surface area contributed by atoms with Gasteiger partial charge in [-0.2, -0.15) is 0 Å². The third-order valence-electron chi connectivity index (χ3n) is 2.60. The molecule has 0 spiro atoms. The zero-order valence-corrected chi connectivity index (χ0v) is 8.89. The molecule has 1 aliphatic rings. The molecule has 1 aliphatic heterocycles. The van der Waals surface area contributed by atoms with E-state index in [1.807, 2.05) is 0 Å². The van der Waals surface area contributed by atoms with Crippen molar-refractivity contribution in [1.82, 2.24) is 0 Å². The summed E-state index contributed by atoms with van der Waals surface area (Å²) in [6, 6.07) is 3.48. The van der Waals surface area contributed by atoms with Gasteiger partial charge in [0.1, 0.15) is 5.82 Å². The van der Waals surface area contributed by atoms with Crippen LogP contribution in [0.2, 0.25) is 0 Å². The lowest BCUT2D eigenvalue weighted by molar-refractivity contribution is -0.114. The Morgan fingerprint density at radius 1 is 1.41 bits per heavy atom. The number of Topliss-reactive ketones (excluding diaryl/α,β-unsaturated/α-hetero) is 1. The molecule has 0 fully saturated rings. The smallest absolute Gasteiger partial charge is 0.299 e. The van der Waals surface area contributed by atoms with Gasteiger partial charge in [-0.15, -0.1) is 0 Å². The van der Waals surface area contributed by atoms with Gasteiger partial charge >= 0.3 is 0 Å². The molecule has 5 nitrogen and oxygen atoms in total. The van der Waals surface area contributed by atoms with Gasteiger partial charge in [0.15, 0.2) is 0 Å². The zero-order chi connectivity index (χ0) is 12.6. The van der Waals surface area contributed by atoms with Gasteiger partial charge < -0.3 is 15.7 Å². The molecule has 0 radical (unpaired) electrons. The van der Waals surface area contributed by atoms with Crippen molar-refractivity contribution in [3.05, 3.63) is 29.6 Å². The monoisotopic (exact) mass is 238 g/mol. The third-order valence-corrected chi connectivity index (χ3v) is 2.60. The molecule has 0 saturated carbocycles. The Hall–Kier alpha value is -1.79. The van der Waals surface area contributed by atoms with E-state index in [2.05, 4.69) is 0 Å². The number of hydrogen-bond acceptors (Lipinski definition) is 4. The summed E-state index contributed by atoms with van der Waals surface area (Å²) in [5, 5.41) is 9.39. The number of amides is 1. The molecule has 1 atom stereocenters. The first-order chi connectivity index (χ1) is 8.04. The van der Waals surface area contributed by atoms with Crippen LogP contribution in [0.3, 0.4) is 0 Å². The second-order valence-electron chi connectivity index (χ2n) is 3.80. The Morgan fingerprint density at radius 2 is 2.12 bits per heavy atom. The molecule has 1 unspecified atom stereocenters. The van der Waals surface area contributed by atoms with Crippen molar-refractivity contribution in [3.63, 3.8) is 0 Å². The minimum atomic E-state index is -0.944. The van der Waals surface area contributed by atoms with E-state index >= 15 is 0 Å². The molecule has 6 heteroatoms. The maximum Gasteiger partial charge on any atom is 0.299 e. The van der Waals surface area contributed by atoms with Crippen LogP contribution in [-0.4, -0.2) is 36.0 Å². The summed E-state index contributed by atoms with van der Waals surface area (Å²) in [6.07, 6.45) is -0.944. The van der Waals surface area contributed by atoms with E-state index in [1.165, 1.54) is 6.07 Å². The van der Waals surface area contributed by atoms with E-state index in [-0.39, 0.29) is 24.3 Å². The summed E-state index contributed by atoms with van der Waals surface area (Å²) < 4.78 is 13.1. The fourth-order valence-electron chi connectivity index (χ4n) is 1.73. The Morgan fingerprint density at radius 3 is 2.76 bits per heavy atom. The van der Waals surface area contributed by atoms with Crippen LogP contribution < -0.4 is 10.6 Å². The Balaban J connectivity index is 2.39. The summed E-state index contributed by atoms with van der Waals surface area (Å²) in [6.45, 7) is -0.153. The number of rotatable bonds is 3. The largest absolute Gasteiger partial charge is 0.390 e. The molecule has 17 heavy (non-hydrogen) atoms. The fraction of sp³-hybridized carbons (Fsp3) is 0.273. The number of ketones is 1. The normalized spacial score (nSPS) is 16.3. The predicted molar refractivity (Wildman–Crippen MR) is 58.1 cm³/mol. The molecule has 0 saturated heterocycles. The summed E-state index contributed by atoms with van der Waals surface area (Å²) in [7, 11) is 0. The number of carbonyl (C=O) groups excluding carboxylic acids is 2. The average molecular weight is 238 g/mol. The van der Waals surface area contributed by atoms with Gasteiger partial charge in [0, 0.05) is 6.54 Å². The van der Waals surface area contributed by atoms with Gasteiger partial charge in [-0.3, -0.25) is 9.59 Å². The Kier molecular flexibility index (Phi) is 2.91. The Bertz CT molecular complexity index is 490. The first-order valence-electron chi connectivity index (χ1n) is 5.08. The quantitative estimate of drug-likeness (QED) is 0.706. The molecule has 0 aliphatic carbocycles. The van der Waals surface area contributed by atoms with Gasteiger partial charge in [-0.1, -0.05) is 0 Å². The fourth-order valence-corrected chi connectivity index (χ4v) is 1.73. The number of benzene rings is 1. The van der Waals surface area contributed by atoms with Crippen LogP contribution in [0.5, 0.6) is 0 Å². The molecule has 0 bridgehead atoms. The molecule has 1 heterocycles. The number of fused-ring (bicyclic) bond motifs is 1. The first kappa shape index (κ1) is 11.7. The lowest BCUT2D eigenvalue weighted by Crippen LogP contribution is -2.39. The lowest BCUT2D eigenvalue weighted by atomic mass is 10.1. The molecule has 1 aromatic carbocycles. The van der Waals surface area contributed by atoms with Crippen molar-refractivity contribution < 1.29 is 19.1 Å². The molecule has 1 aromatic rings. The van der Waals surface area contributed by atoms with E-state index in [1.54, 1.807) is 0 Å². The van der Waals surface area contributed by atoms with Gasteiger partial charge in [-0.25, -0.2) is 4.39 Å². The van der Waals surface area contributed by atoms with E-state index in [4.69, 9.17) is 5.73 Å². The second-order valence-corrected chi connectivity index (χ2v) is 3.80. The Labute approximate surface area is 96.6 Å². The molecule has 0 aromatic heterocycles. The van der Waals surface area contributed by atoms with Crippen LogP contribution >= 0.6 is 0 Å². The highest BCUT2D eigenvalue weighted by Crippen LogP contribution is 2.29. The molecule has 1 amide bonds. The van der Waals surface area contributed by atoms with E-state index in [9.17, 15) is 19.1 Å². The summed E-state index contributed by atoms with van der Waals surface area (Å²) in [5.74, 6) is -2.00. The van der Waals surface area contributed by atoms with Crippen LogP contribution in [0.4, 0.5) is 10.1 Å². The van der Waals surface area contributed by atoms with Crippen molar-refractivity contribution in [1.29, 1.82) is 0 Å². The lowest BCUT2D eigenvalue weighted by Gasteiger charge is -2.19. The maximum atomic E-state index is 13.1. The number of hydrogen-bond donors (Lipinski definition) is 2. The van der Waals surface area contributed by atoms with E-state index in [0.29, 0.717) is 0 Å². The maximum absolute atomic E-state index is 13.1. The highest BCUT2D eigenvalue weighted by Gasteiger charge is 2.36. The topological polar surface area (TPSA) is 83.6 Å².